The lowest BCUT2D eigenvalue weighted by Gasteiger charge is -2.50. The molecule has 0 amide bonds. The Morgan fingerprint density at radius 1 is 1.00 bits per heavy atom. The molecular weight excluding hydrogens is 408 g/mol. The second-order valence-corrected chi connectivity index (χ2v) is 11.5. The van der Waals surface area contributed by atoms with Crippen LogP contribution in [0.4, 0.5) is 0 Å². The van der Waals surface area contributed by atoms with E-state index in [0.717, 1.165) is 43.4 Å². The second-order valence-electron chi connectivity index (χ2n) is 9.95. The van der Waals surface area contributed by atoms with Crippen molar-refractivity contribution in [1.29, 1.82) is 0 Å². The summed E-state index contributed by atoms with van der Waals surface area (Å²) in [6.45, 7) is 4.23. The van der Waals surface area contributed by atoms with E-state index in [9.17, 15) is 8.42 Å². The summed E-state index contributed by atoms with van der Waals surface area (Å²) < 4.78 is 37.3. The molecule has 0 saturated heterocycles. The van der Waals surface area contributed by atoms with Crippen LogP contribution in [0.15, 0.2) is 47.4 Å². The van der Waals surface area contributed by atoms with Gasteiger partial charge in [-0.25, -0.2) is 0 Å². The molecule has 5 rings (SSSR count). The third-order valence-corrected chi connectivity index (χ3v) is 9.73. The van der Waals surface area contributed by atoms with E-state index in [2.05, 4.69) is 25.1 Å². The summed E-state index contributed by atoms with van der Waals surface area (Å²) in [6, 6.07) is 13.5. The van der Waals surface area contributed by atoms with Crippen LogP contribution < -0.4 is 4.74 Å². The molecule has 2 saturated carbocycles. The van der Waals surface area contributed by atoms with Crippen LogP contribution in [0.2, 0.25) is 0 Å². The molecule has 2 aromatic carbocycles. The lowest BCUT2D eigenvalue weighted by Crippen LogP contribution is -2.45. The van der Waals surface area contributed by atoms with Crippen LogP contribution in [-0.4, -0.2) is 21.6 Å². The maximum atomic E-state index is 13.0. The van der Waals surface area contributed by atoms with Gasteiger partial charge < -0.3 is 4.74 Å². The predicted octanol–water partition coefficient (Wildman–Crippen LogP) is 5.63. The van der Waals surface area contributed by atoms with E-state index in [1.54, 1.807) is 19.2 Å². The van der Waals surface area contributed by atoms with Crippen molar-refractivity contribution in [2.75, 3.05) is 7.11 Å². The SMILES string of the molecule is COc1ccc2c(c1)CC[C@@H]1[C@H]3CC[C@H](OS(=O)(=O)c4ccc(C)cc4)[C@@]3(C)CC[C@@H]21. The van der Waals surface area contributed by atoms with Gasteiger partial charge in [-0.1, -0.05) is 30.7 Å². The van der Waals surface area contributed by atoms with Crippen LogP contribution in [0.25, 0.3) is 0 Å². The third-order valence-electron chi connectivity index (χ3n) is 8.40. The average Bonchev–Trinajstić information content (AvgIpc) is 3.09. The summed E-state index contributed by atoms with van der Waals surface area (Å²) in [5.74, 6) is 2.63. The monoisotopic (exact) mass is 440 g/mol. The summed E-state index contributed by atoms with van der Waals surface area (Å²) in [7, 11) is -2.02. The topological polar surface area (TPSA) is 52.6 Å². The first-order chi connectivity index (χ1) is 14.8. The van der Waals surface area contributed by atoms with Crippen LogP contribution in [0.1, 0.15) is 61.6 Å². The van der Waals surface area contributed by atoms with Gasteiger partial charge in [0.2, 0.25) is 0 Å². The zero-order valence-electron chi connectivity index (χ0n) is 18.6. The summed E-state index contributed by atoms with van der Waals surface area (Å²) in [6.07, 6.45) is 6.00. The summed E-state index contributed by atoms with van der Waals surface area (Å²) in [4.78, 5) is 0.263. The maximum absolute atomic E-state index is 13.0. The van der Waals surface area contributed by atoms with E-state index in [4.69, 9.17) is 8.92 Å². The summed E-state index contributed by atoms with van der Waals surface area (Å²) >= 11 is 0. The molecule has 0 aliphatic heterocycles. The van der Waals surface area contributed by atoms with Gasteiger partial charge in [0.1, 0.15) is 5.75 Å². The summed E-state index contributed by atoms with van der Waals surface area (Å²) in [5.41, 5.74) is 3.87. The van der Waals surface area contributed by atoms with Crippen molar-refractivity contribution in [1.82, 2.24) is 0 Å². The fraction of sp³-hybridized carbons (Fsp3) is 0.538. The van der Waals surface area contributed by atoms with E-state index in [-0.39, 0.29) is 16.4 Å². The Hall–Kier alpha value is -1.85. The Morgan fingerprint density at radius 2 is 1.77 bits per heavy atom. The van der Waals surface area contributed by atoms with Gasteiger partial charge >= 0.3 is 0 Å². The Kier molecular flexibility index (Phi) is 5.17. The van der Waals surface area contributed by atoms with Crippen LogP contribution in [-0.2, 0) is 20.7 Å². The minimum absolute atomic E-state index is 0.0804. The molecule has 0 N–H and O–H groups in total. The normalized spacial score (nSPS) is 32.1. The standard InChI is InChI=1S/C26H32O4S/c1-17-4-8-20(9-5-17)31(27,28)30-25-13-12-24-23-10-6-18-16-19(29-3)7-11-21(18)22(23)14-15-26(24,25)2/h4-5,7-9,11,16,22-25H,6,10,12-15H2,1-3H3/t22-,23-,24+,25-,26-/m0/s1. The summed E-state index contributed by atoms with van der Waals surface area (Å²) in [5, 5.41) is 0. The zero-order chi connectivity index (χ0) is 21.8. The molecule has 0 radical (unpaired) electrons. The van der Waals surface area contributed by atoms with Gasteiger partial charge in [0.25, 0.3) is 10.1 Å². The maximum Gasteiger partial charge on any atom is 0.297 e. The minimum atomic E-state index is -3.75. The molecule has 0 aromatic heterocycles. The number of hydrogen-bond acceptors (Lipinski definition) is 4. The Balaban J connectivity index is 1.38. The van der Waals surface area contributed by atoms with Gasteiger partial charge in [-0.05, 0) is 104 Å². The Morgan fingerprint density at radius 3 is 2.52 bits per heavy atom. The van der Waals surface area contributed by atoms with E-state index >= 15 is 0 Å². The Labute approximate surface area is 186 Å². The molecule has 166 valence electrons. The van der Waals surface area contributed by atoms with E-state index in [1.165, 1.54) is 17.5 Å². The molecule has 4 nitrogen and oxygen atoms in total. The van der Waals surface area contributed by atoms with Crippen molar-refractivity contribution in [3.8, 4) is 5.75 Å². The van der Waals surface area contributed by atoms with Gasteiger partial charge in [-0.2, -0.15) is 8.42 Å². The quantitative estimate of drug-likeness (QED) is 0.578. The molecule has 3 aliphatic rings. The first kappa shape index (κ1) is 21.0. The molecule has 0 spiro atoms. The van der Waals surface area contributed by atoms with Crippen LogP contribution in [0.5, 0.6) is 5.75 Å². The van der Waals surface area contributed by atoms with Crippen molar-refractivity contribution in [2.45, 2.75) is 69.3 Å². The van der Waals surface area contributed by atoms with Gasteiger partial charge in [0.15, 0.2) is 0 Å². The van der Waals surface area contributed by atoms with E-state index in [1.807, 2.05) is 19.1 Å². The van der Waals surface area contributed by atoms with Crippen LogP contribution in [0, 0.1) is 24.2 Å². The molecular formula is C26H32O4S. The highest BCUT2D eigenvalue weighted by atomic mass is 32.2. The van der Waals surface area contributed by atoms with Crippen LogP contribution in [0.3, 0.4) is 0 Å². The number of fused-ring (bicyclic) bond motifs is 5. The van der Waals surface area contributed by atoms with Crippen molar-refractivity contribution in [2.24, 2.45) is 17.3 Å². The molecule has 2 aromatic rings. The predicted molar refractivity (Wildman–Crippen MR) is 121 cm³/mol. The lowest BCUT2D eigenvalue weighted by molar-refractivity contribution is -0.00804. The number of benzene rings is 2. The zero-order valence-corrected chi connectivity index (χ0v) is 19.5. The van der Waals surface area contributed by atoms with Crippen LogP contribution >= 0.6 is 0 Å². The average molecular weight is 441 g/mol. The highest BCUT2D eigenvalue weighted by Gasteiger charge is 2.56. The highest BCUT2D eigenvalue weighted by Crippen LogP contribution is 2.61. The molecule has 0 unspecified atom stereocenters. The largest absolute Gasteiger partial charge is 0.497 e. The number of rotatable bonds is 4. The first-order valence-electron chi connectivity index (χ1n) is 11.5. The Bertz CT molecular complexity index is 1080. The molecule has 0 heterocycles. The fourth-order valence-electron chi connectivity index (χ4n) is 6.71. The number of aryl methyl sites for hydroxylation is 2. The van der Waals surface area contributed by atoms with Crippen molar-refractivity contribution < 1.29 is 17.3 Å². The number of ether oxygens (including phenoxy) is 1. The van der Waals surface area contributed by atoms with Crippen molar-refractivity contribution in [3.63, 3.8) is 0 Å². The van der Waals surface area contributed by atoms with Gasteiger partial charge in [-0.3, -0.25) is 4.18 Å². The number of hydrogen-bond donors (Lipinski definition) is 0. The molecule has 31 heavy (non-hydrogen) atoms. The van der Waals surface area contributed by atoms with E-state index < -0.39 is 10.1 Å². The molecule has 2 fully saturated rings. The smallest absolute Gasteiger partial charge is 0.297 e. The van der Waals surface area contributed by atoms with Crippen molar-refractivity contribution in [3.05, 3.63) is 59.2 Å². The first-order valence-corrected chi connectivity index (χ1v) is 12.9. The van der Waals surface area contributed by atoms with Gasteiger partial charge in [-0.15, -0.1) is 0 Å². The molecule has 0 bridgehead atoms. The number of methoxy groups -OCH3 is 1. The lowest BCUT2D eigenvalue weighted by atomic mass is 9.55. The molecule has 5 heteroatoms. The van der Waals surface area contributed by atoms with Gasteiger partial charge in [0.05, 0.1) is 18.1 Å². The molecule has 5 atom stereocenters. The van der Waals surface area contributed by atoms with E-state index in [0.29, 0.717) is 17.8 Å². The van der Waals surface area contributed by atoms with Crippen molar-refractivity contribution >= 4 is 10.1 Å². The molecule has 3 aliphatic carbocycles. The second kappa shape index (κ2) is 7.63. The third kappa shape index (κ3) is 3.50. The fourth-order valence-corrected chi connectivity index (χ4v) is 7.91. The highest BCUT2D eigenvalue weighted by molar-refractivity contribution is 7.86. The van der Waals surface area contributed by atoms with Gasteiger partial charge in [0, 0.05) is 0 Å². The minimum Gasteiger partial charge on any atom is -0.497 e.